The summed E-state index contributed by atoms with van der Waals surface area (Å²) in [7, 11) is 0. The first-order valence-corrected chi connectivity index (χ1v) is 11.2. The second-order valence-electron chi connectivity index (χ2n) is 7.31. The van der Waals surface area contributed by atoms with Crippen molar-refractivity contribution in [2.45, 2.75) is 64.3 Å². The van der Waals surface area contributed by atoms with Gasteiger partial charge in [0.2, 0.25) is 0 Å². The van der Waals surface area contributed by atoms with Crippen LogP contribution in [0.1, 0.15) is 56.9 Å². The van der Waals surface area contributed by atoms with E-state index in [9.17, 15) is 0 Å². The topological polar surface area (TPSA) is 38.7 Å². The van der Waals surface area contributed by atoms with Crippen molar-refractivity contribution in [2.24, 2.45) is 5.92 Å². The zero-order valence-electron chi connectivity index (χ0n) is 15.3. The normalized spacial score (nSPS) is 14.6. The molecular formula is C20H25N3S2. The number of thiophene rings is 1. The van der Waals surface area contributed by atoms with Crippen molar-refractivity contribution in [3.05, 3.63) is 23.1 Å². The van der Waals surface area contributed by atoms with Crippen LogP contribution in [0, 0.1) is 5.92 Å². The van der Waals surface area contributed by atoms with Crippen molar-refractivity contribution in [2.75, 3.05) is 5.75 Å². The average molecular weight is 372 g/mol. The molecule has 0 amide bonds. The molecule has 5 heteroatoms. The standard InChI is InChI=1S/C20H25N3S2/c1-4-9-24-20-18-17(21-11-22-20)16-14-8-6-5-7-13(14)15(10-12(2)3)23-19(16)25-18/h11-12H,4-10H2,1-3H3. The van der Waals surface area contributed by atoms with Gasteiger partial charge in [0.1, 0.15) is 16.2 Å². The molecule has 0 atom stereocenters. The predicted octanol–water partition coefficient (Wildman–Crippen LogP) is 5.82. The molecule has 0 aromatic carbocycles. The van der Waals surface area contributed by atoms with Crippen LogP contribution >= 0.6 is 23.1 Å². The molecular weight excluding hydrogens is 346 g/mol. The fourth-order valence-corrected chi connectivity index (χ4v) is 5.89. The first-order chi connectivity index (χ1) is 12.2. The molecule has 132 valence electrons. The number of hydrogen-bond donors (Lipinski definition) is 0. The zero-order valence-corrected chi connectivity index (χ0v) is 16.9. The minimum absolute atomic E-state index is 0.640. The third kappa shape index (κ3) is 3.17. The quantitative estimate of drug-likeness (QED) is 0.418. The van der Waals surface area contributed by atoms with Gasteiger partial charge in [-0.15, -0.1) is 23.1 Å². The number of pyridine rings is 1. The Bertz CT molecular complexity index is 914. The highest BCUT2D eigenvalue weighted by molar-refractivity contribution is 7.99. The molecule has 0 aliphatic heterocycles. The van der Waals surface area contributed by atoms with Gasteiger partial charge in [-0.3, -0.25) is 0 Å². The molecule has 0 radical (unpaired) electrons. The molecule has 4 rings (SSSR count). The van der Waals surface area contributed by atoms with E-state index in [1.807, 2.05) is 11.8 Å². The number of aryl methyl sites for hydroxylation is 1. The van der Waals surface area contributed by atoms with Gasteiger partial charge in [0.15, 0.2) is 0 Å². The molecule has 25 heavy (non-hydrogen) atoms. The third-order valence-electron chi connectivity index (χ3n) is 4.82. The predicted molar refractivity (Wildman–Crippen MR) is 109 cm³/mol. The van der Waals surface area contributed by atoms with Crippen LogP contribution in [0.4, 0.5) is 0 Å². The number of hydrogen-bond acceptors (Lipinski definition) is 5. The highest BCUT2D eigenvalue weighted by atomic mass is 32.2. The van der Waals surface area contributed by atoms with E-state index in [1.165, 1.54) is 57.4 Å². The van der Waals surface area contributed by atoms with Gasteiger partial charge in [-0.25, -0.2) is 15.0 Å². The summed E-state index contributed by atoms with van der Waals surface area (Å²) in [5.41, 5.74) is 5.52. The van der Waals surface area contributed by atoms with E-state index in [-0.39, 0.29) is 0 Å². The number of rotatable bonds is 5. The molecule has 1 aliphatic carbocycles. The lowest BCUT2D eigenvalue weighted by Crippen LogP contribution is -2.11. The van der Waals surface area contributed by atoms with Crippen molar-refractivity contribution in [1.29, 1.82) is 0 Å². The van der Waals surface area contributed by atoms with Crippen LogP contribution in [0.2, 0.25) is 0 Å². The van der Waals surface area contributed by atoms with E-state index in [1.54, 1.807) is 17.7 Å². The van der Waals surface area contributed by atoms with Gasteiger partial charge < -0.3 is 0 Å². The molecule has 0 N–H and O–H groups in total. The molecule has 0 saturated heterocycles. The van der Waals surface area contributed by atoms with Crippen LogP contribution < -0.4 is 0 Å². The van der Waals surface area contributed by atoms with Crippen LogP contribution in [0.15, 0.2) is 11.4 Å². The maximum atomic E-state index is 5.13. The maximum absolute atomic E-state index is 5.13. The largest absolute Gasteiger partial charge is 0.242 e. The number of fused-ring (bicyclic) bond motifs is 5. The summed E-state index contributed by atoms with van der Waals surface area (Å²) in [5.74, 6) is 1.74. The van der Waals surface area contributed by atoms with Crippen LogP contribution in [0.25, 0.3) is 20.4 Å². The molecule has 3 nitrogen and oxygen atoms in total. The Hall–Kier alpha value is -1.20. The van der Waals surface area contributed by atoms with Gasteiger partial charge >= 0.3 is 0 Å². The van der Waals surface area contributed by atoms with Gasteiger partial charge in [0, 0.05) is 11.1 Å². The maximum Gasteiger partial charge on any atom is 0.126 e. The summed E-state index contributed by atoms with van der Waals surface area (Å²) in [6.45, 7) is 6.79. The van der Waals surface area contributed by atoms with E-state index >= 15 is 0 Å². The van der Waals surface area contributed by atoms with Crippen molar-refractivity contribution >= 4 is 43.5 Å². The molecule has 0 unspecified atom stereocenters. The van der Waals surface area contributed by atoms with Gasteiger partial charge in [-0.05, 0) is 61.3 Å². The molecule has 0 spiro atoms. The van der Waals surface area contributed by atoms with Crippen molar-refractivity contribution in [3.63, 3.8) is 0 Å². The van der Waals surface area contributed by atoms with E-state index in [0.29, 0.717) is 5.92 Å². The lowest BCUT2D eigenvalue weighted by Gasteiger charge is -2.20. The second kappa shape index (κ2) is 7.20. The van der Waals surface area contributed by atoms with Crippen molar-refractivity contribution in [3.8, 4) is 0 Å². The number of thioether (sulfide) groups is 1. The van der Waals surface area contributed by atoms with E-state index in [2.05, 4.69) is 30.7 Å². The first-order valence-electron chi connectivity index (χ1n) is 9.39. The SMILES string of the molecule is CCCSc1ncnc2c1sc1nc(CC(C)C)c3c(c12)CCCC3. The second-order valence-corrected chi connectivity index (χ2v) is 9.39. The van der Waals surface area contributed by atoms with E-state index < -0.39 is 0 Å². The average Bonchev–Trinajstić information content (AvgIpc) is 2.98. The van der Waals surface area contributed by atoms with Gasteiger partial charge in [0.05, 0.1) is 10.2 Å². The summed E-state index contributed by atoms with van der Waals surface area (Å²) in [5, 5.41) is 2.45. The Morgan fingerprint density at radius 3 is 2.72 bits per heavy atom. The summed E-state index contributed by atoms with van der Waals surface area (Å²) >= 11 is 3.64. The smallest absolute Gasteiger partial charge is 0.126 e. The lowest BCUT2D eigenvalue weighted by atomic mass is 9.87. The summed E-state index contributed by atoms with van der Waals surface area (Å²) in [4.78, 5) is 15.5. The minimum Gasteiger partial charge on any atom is -0.242 e. The number of nitrogens with zero attached hydrogens (tertiary/aromatic N) is 3. The molecule has 3 aromatic heterocycles. The van der Waals surface area contributed by atoms with Crippen molar-refractivity contribution in [1.82, 2.24) is 15.0 Å². The summed E-state index contributed by atoms with van der Waals surface area (Å²) in [6.07, 6.45) is 8.91. The van der Waals surface area contributed by atoms with Crippen molar-refractivity contribution < 1.29 is 0 Å². The van der Waals surface area contributed by atoms with Crippen LogP contribution in [0.5, 0.6) is 0 Å². The fourth-order valence-electron chi connectivity index (χ4n) is 3.77. The Balaban J connectivity index is 1.97. The molecule has 3 aromatic rings. The Morgan fingerprint density at radius 1 is 1.16 bits per heavy atom. The zero-order chi connectivity index (χ0) is 17.4. The first kappa shape index (κ1) is 17.2. The highest BCUT2D eigenvalue weighted by Crippen LogP contribution is 2.41. The summed E-state index contributed by atoms with van der Waals surface area (Å²) in [6, 6.07) is 0. The fraction of sp³-hybridized carbons (Fsp3) is 0.550. The Morgan fingerprint density at radius 2 is 1.96 bits per heavy atom. The van der Waals surface area contributed by atoms with Gasteiger partial charge in [0.25, 0.3) is 0 Å². The summed E-state index contributed by atoms with van der Waals surface area (Å²) < 4.78 is 1.23. The third-order valence-corrected chi connectivity index (χ3v) is 7.22. The van der Waals surface area contributed by atoms with Gasteiger partial charge in [-0.1, -0.05) is 20.8 Å². The molecule has 0 saturated carbocycles. The molecule has 0 bridgehead atoms. The van der Waals surface area contributed by atoms with Crippen LogP contribution in [-0.2, 0) is 19.3 Å². The van der Waals surface area contributed by atoms with Gasteiger partial charge in [-0.2, -0.15) is 0 Å². The molecule has 3 heterocycles. The molecule has 1 aliphatic rings. The monoisotopic (exact) mass is 371 g/mol. The van der Waals surface area contributed by atoms with E-state index in [0.717, 1.165) is 29.1 Å². The minimum atomic E-state index is 0.640. The molecule has 0 fully saturated rings. The van der Waals surface area contributed by atoms with E-state index in [4.69, 9.17) is 4.98 Å². The van der Waals surface area contributed by atoms with Crippen LogP contribution in [-0.4, -0.2) is 20.7 Å². The Kier molecular flexibility index (Phi) is 4.96. The lowest BCUT2D eigenvalue weighted by molar-refractivity contribution is 0.615. The number of aromatic nitrogens is 3. The van der Waals surface area contributed by atoms with Crippen LogP contribution in [0.3, 0.4) is 0 Å². The Labute approximate surface area is 157 Å². The highest BCUT2D eigenvalue weighted by Gasteiger charge is 2.23.